The SMILES string of the molecule is CCCOc1ccc(NC(=O)NCC(=O)NC(CCC)c2ccccc2)cc1OCCC. The molecule has 0 aliphatic rings. The Labute approximate surface area is 190 Å². The van der Waals surface area contributed by atoms with Gasteiger partial charge < -0.3 is 25.4 Å². The molecule has 0 radical (unpaired) electrons. The van der Waals surface area contributed by atoms with Crippen molar-refractivity contribution in [1.82, 2.24) is 10.6 Å². The highest BCUT2D eigenvalue weighted by Gasteiger charge is 2.15. The quantitative estimate of drug-likeness (QED) is 0.406. The molecule has 2 rings (SSSR count). The largest absolute Gasteiger partial charge is 0.490 e. The number of anilines is 1. The second kappa shape index (κ2) is 14.0. The summed E-state index contributed by atoms with van der Waals surface area (Å²) in [5.41, 5.74) is 1.61. The minimum absolute atomic E-state index is 0.0764. The predicted octanol–water partition coefficient (Wildman–Crippen LogP) is 5.04. The Bertz CT molecular complexity index is 842. The van der Waals surface area contributed by atoms with Crippen LogP contribution in [0.4, 0.5) is 10.5 Å². The zero-order valence-corrected chi connectivity index (χ0v) is 19.3. The fourth-order valence-electron chi connectivity index (χ4n) is 3.12. The van der Waals surface area contributed by atoms with Crippen LogP contribution in [0.1, 0.15) is 58.1 Å². The van der Waals surface area contributed by atoms with Crippen molar-refractivity contribution in [2.24, 2.45) is 0 Å². The summed E-state index contributed by atoms with van der Waals surface area (Å²) < 4.78 is 11.5. The molecule has 0 aliphatic carbocycles. The summed E-state index contributed by atoms with van der Waals surface area (Å²) in [4.78, 5) is 24.7. The summed E-state index contributed by atoms with van der Waals surface area (Å²) in [6, 6.07) is 14.5. The summed E-state index contributed by atoms with van der Waals surface area (Å²) in [5, 5.41) is 8.34. The van der Waals surface area contributed by atoms with Crippen LogP contribution in [0, 0.1) is 0 Å². The average molecular weight is 442 g/mol. The van der Waals surface area contributed by atoms with Gasteiger partial charge in [0.2, 0.25) is 5.91 Å². The van der Waals surface area contributed by atoms with Crippen LogP contribution in [-0.4, -0.2) is 31.7 Å². The van der Waals surface area contributed by atoms with Gasteiger partial charge >= 0.3 is 6.03 Å². The Morgan fingerprint density at radius 1 is 0.875 bits per heavy atom. The lowest BCUT2D eigenvalue weighted by Crippen LogP contribution is -2.40. The van der Waals surface area contributed by atoms with Gasteiger partial charge in [-0.15, -0.1) is 0 Å². The number of ether oxygens (including phenoxy) is 2. The summed E-state index contributed by atoms with van der Waals surface area (Å²) in [5.74, 6) is 0.993. The van der Waals surface area contributed by atoms with Crippen LogP contribution in [0.3, 0.4) is 0 Å². The van der Waals surface area contributed by atoms with Gasteiger partial charge in [-0.3, -0.25) is 4.79 Å². The van der Waals surface area contributed by atoms with E-state index in [1.165, 1.54) is 0 Å². The van der Waals surface area contributed by atoms with Crippen molar-refractivity contribution in [1.29, 1.82) is 0 Å². The molecular formula is C25H35N3O4. The third kappa shape index (κ3) is 8.49. The van der Waals surface area contributed by atoms with Gasteiger partial charge in [-0.05, 0) is 37.0 Å². The van der Waals surface area contributed by atoms with Crippen molar-refractivity contribution in [2.45, 2.75) is 52.5 Å². The minimum Gasteiger partial charge on any atom is -0.490 e. The lowest BCUT2D eigenvalue weighted by Gasteiger charge is -2.19. The third-order valence-corrected chi connectivity index (χ3v) is 4.65. The normalized spacial score (nSPS) is 11.3. The lowest BCUT2D eigenvalue weighted by atomic mass is 10.0. The molecule has 2 aromatic carbocycles. The molecule has 0 saturated heterocycles. The van der Waals surface area contributed by atoms with E-state index in [1.54, 1.807) is 18.2 Å². The number of rotatable bonds is 13. The predicted molar refractivity (Wildman–Crippen MR) is 127 cm³/mol. The van der Waals surface area contributed by atoms with Crippen LogP contribution in [0.2, 0.25) is 0 Å². The number of benzene rings is 2. The molecule has 2 aromatic rings. The Kier molecular flexibility index (Phi) is 10.9. The van der Waals surface area contributed by atoms with Crippen molar-refractivity contribution in [3.05, 3.63) is 54.1 Å². The molecule has 7 heteroatoms. The van der Waals surface area contributed by atoms with E-state index in [4.69, 9.17) is 9.47 Å². The number of amides is 3. The number of carbonyl (C=O) groups excluding carboxylic acids is 2. The van der Waals surface area contributed by atoms with Crippen LogP contribution < -0.4 is 25.4 Å². The minimum atomic E-state index is -0.462. The van der Waals surface area contributed by atoms with Gasteiger partial charge in [0.25, 0.3) is 0 Å². The van der Waals surface area contributed by atoms with Crippen molar-refractivity contribution in [2.75, 3.05) is 25.1 Å². The highest BCUT2D eigenvalue weighted by atomic mass is 16.5. The summed E-state index contributed by atoms with van der Waals surface area (Å²) in [7, 11) is 0. The van der Waals surface area contributed by atoms with Crippen molar-refractivity contribution >= 4 is 17.6 Å². The molecule has 3 amide bonds. The molecule has 0 heterocycles. The molecule has 32 heavy (non-hydrogen) atoms. The first-order valence-electron chi connectivity index (χ1n) is 11.4. The Balaban J connectivity index is 1.90. The summed E-state index contributed by atoms with van der Waals surface area (Å²) >= 11 is 0. The third-order valence-electron chi connectivity index (χ3n) is 4.65. The maximum Gasteiger partial charge on any atom is 0.319 e. The number of hydrogen-bond donors (Lipinski definition) is 3. The van der Waals surface area contributed by atoms with E-state index < -0.39 is 6.03 Å². The molecule has 1 unspecified atom stereocenters. The van der Waals surface area contributed by atoms with Crippen LogP contribution in [-0.2, 0) is 4.79 Å². The zero-order valence-electron chi connectivity index (χ0n) is 19.3. The standard InChI is InChI=1S/C25H35N3O4/c1-4-10-21(19-11-8-7-9-12-19)28-24(29)18-26-25(30)27-20-13-14-22(31-15-5-2)23(17-20)32-16-6-3/h7-9,11-14,17,21H,4-6,10,15-16,18H2,1-3H3,(H,28,29)(H2,26,27,30). The first-order chi connectivity index (χ1) is 15.6. The van der Waals surface area contributed by atoms with Gasteiger partial charge in [-0.25, -0.2) is 4.79 Å². The van der Waals surface area contributed by atoms with Gasteiger partial charge in [0.1, 0.15) is 0 Å². The van der Waals surface area contributed by atoms with Gasteiger partial charge in [0.05, 0.1) is 25.8 Å². The van der Waals surface area contributed by atoms with Gasteiger partial charge in [-0.2, -0.15) is 0 Å². The first-order valence-corrected chi connectivity index (χ1v) is 11.4. The molecule has 0 bridgehead atoms. The second-order valence-electron chi connectivity index (χ2n) is 7.49. The van der Waals surface area contributed by atoms with Crippen LogP contribution in [0.5, 0.6) is 11.5 Å². The molecule has 0 spiro atoms. The smallest absolute Gasteiger partial charge is 0.319 e. The Hall–Kier alpha value is -3.22. The molecular weight excluding hydrogens is 406 g/mol. The van der Waals surface area contributed by atoms with E-state index in [-0.39, 0.29) is 18.5 Å². The Morgan fingerprint density at radius 3 is 2.22 bits per heavy atom. The number of carbonyl (C=O) groups is 2. The van der Waals surface area contributed by atoms with E-state index in [0.29, 0.717) is 30.4 Å². The van der Waals surface area contributed by atoms with Crippen molar-refractivity contribution in [3.63, 3.8) is 0 Å². The first kappa shape index (κ1) is 25.0. The highest BCUT2D eigenvalue weighted by molar-refractivity contribution is 5.92. The zero-order chi connectivity index (χ0) is 23.2. The van der Waals surface area contributed by atoms with E-state index >= 15 is 0 Å². The monoisotopic (exact) mass is 441 g/mol. The molecule has 0 fully saturated rings. The maximum atomic E-state index is 12.4. The van der Waals surface area contributed by atoms with Crippen LogP contribution in [0.25, 0.3) is 0 Å². The van der Waals surface area contributed by atoms with E-state index in [9.17, 15) is 9.59 Å². The molecule has 0 saturated carbocycles. The fourth-order valence-corrected chi connectivity index (χ4v) is 3.12. The van der Waals surface area contributed by atoms with Gasteiger partial charge in [0.15, 0.2) is 11.5 Å². The molecule has 0 aromatic heterocycles. The highest BCUT2D eigenvalue weighted by Crippen LogP contribution is 2.31. The fraction of sp³-hybridized carbons (Fsp3) is 0.440. The van der Waals surface area contributed by atoms with Crippen molar-refractivity contribution in [3.8, 4) is 11.5 Å². The molecule has 1 atom stereocenters. The van der Waals surface area contributed by atoms with Gasteiger partial charge in [0, 0.05) is 11.8 Å². The second-order valence-corrected chi connectivity index (χ2v) is 7.49. The number of hydrogen-bond acceptors (Lipinski definition) is 4. The van der Waals surface area contributed by atoms with Crippen LogP contribution in [0.15, 0.2) is 48.5 Å². The Morgan fingerprint density at radius 2 is 1.56 bits per heavy atom. The van der Waals surface area contributed by atoms with Gasteiger partial charge in [-0.1, -0.05) is 57.5 Å². The maximum absolute atomic E-state index is 12.4. The number of urea groups is 1. The summed E-state index contributed by atoms with van der Waals surface area (Å²) in [6.45, 7) is 7.16. The van der Waals surface area contributed by atoms with E-state index in [2.05, 4.69) is 22.9 Å². The topological polar surface area (TPSA) is 88.7 Å². The summed E-state index contributed by atoms with van der Waals surface area (Å²) in [6.07, 6.45) is 3.52. The van der Waals surface area contributed by atoms with Crippen molar-refractivity contribution < 1.29 is 19.1 Å². The molecule has 174 valence electrons. The number of nitrogens with one attached hydrogen (secondary N) is 3. The molecule has 0 aliphatic heterocycles. The molecule has 7 nitrogen and oxygen atoms in total. The lowest BCUT2D eigenvalue weighted by molar-refractivity contribution is -0.120. The molecule has 3 N–H and O–H groups in total. The van der Waals surface area contributed by atoms with E-state index in [0.717, 1.165) is 31.2 Å². The van der Waals surface area contributed by atoms with Crippen LogP contribution >= 0.6 is 0 Å². The average Bonchev–Trinajstić information content (AvgIpc) is 2.81. The van der Waals surface area contributed by atoms with E-state index in [1.807, 2.05) is 44.2 Å².